The fourth-order valence-corrected chi connectivity index (χ4v) is 4.20. The van der Waals surface area contributed by atoms with E-state index >= 15 is 0 Å². The van der Waals surface area contributed by atoms with E-state index in [2.05, 4.69) is 18.3 Å². The van der Waals surface area contributed by atoms with Gasteiger partial charge in [0.2, 0.25) is 0 Å². The smallest absolute Gasteiger partial charge is 0.261 e. The second-order valence-electron chi connectivity index (χ2n) is 6.35. The van der Waals surface area contributed by atoms with Crippen LogP contribution in [0.1, 0.15) is 50.2 Å². The van der Waals surface area contributed by atoms with E-state index in [1.54, 1.807) is 0 Å². The van der Waals surface area contributed by atoms with Crippen molar-refractivity contribution >= 4 is 17.7 Å². The molecule has 1 unspecified atom stereocenters. The third-order valence-electron chi connectivity index (χ3n) is 4.32. The van der Waals surface area contributed by atoms with Crippen LogP contribution < -0.4 is 10.1 Å². The van der Waals surface area contributed by atoms with E-state index in [1.165, 1.54) is 31.2 Å². The Morgan fingerprint density at radius 2 is 2.09 bits per heavy atom. The van der Waals surface area contributed by atoms with Gasteiger partial charge in [0.25, 0.3) is 5.91 Å². The van der Waals surface area contributed by atoms with Gasteiger partial charge in [-0.1, -0.05) is 37.5 Å². The van der Waals surface area contributed by atoms with E-state index in [4.69, 9.17) is 4.74 Å². The molecule has 2 rings (SSSR count). The number of carbonyl (C=O) groups excluding carboxylic acids is 1. The first-order valence-corrected chi connectivity index (χ1v) is 9.78. The van der Waals surface area contributed by atoms with E-state index in [-0.39, 0.29) is 5.91 Å². The summed E-state index contributed by atoms with van der Waals surface area (Å²) in [6.45, 7) is 6.79. The third kappa shape index (κ3) is 5.76. The van der Waals surface area contributed by atoms with Crippen LogP contribution in [-0.4, -0.2) is 29.6 Å². The minimum Gasteiger partial charge on any atom is -0.480 e. The molecule has 3 nitrogen and oxygen atoms in total. The van der Waals surface area contributed by atoms with Gasteiger partial charge in [0.05, 0.1) is 0 Å². The van der Waals surface area contributed by atoms with Gasteiger partial charge in [0.15, 0.2) is 6.10 Å². The van der Waals surface area contributed by atoms with Crippen molar-refractivity contribution < 1.29 is 9.53 Å². The monoisotopic (exact) mass is 335 g/mol. The van der Waals surface area contributed by atoms with E-state index in [0.29, 0.717) is 6.42 Å². The number of hydrogen-bond donors (Lipinski definition) is 1. The molecular weight excluding hydrogens is 306 g/mol. The standard InChI is InChI=1S/C19H29NO2S/c1-4-17(22-18-10-9-14(2)13-15(18)3)19(21)20-11-12-23-16-7-5-6-8-16/h9-10,13,16-17H,4-8,11-12H2,1-3H3,(H,20,21). The normalized spacial score (nSPS) is 16.3. The number of aryl methyl sites for hydroxylation is 2. The lowest BCUT2D eigenvalue weighted by Gasteiger charge is -2.19. The topological polar surface area (TPSA) is 38.3 Å². The van der Waals surface area contributed by atoms with Gasteiger partial charge in [-0.3, -0.25) is 4.79 Å². The van der Waals surface area contributed by atoms with Crippen LogP contribution in [0.15, 0.2) is 18.2 Å². The van der Waals surface area contributed by atoms with Crippen LogP contribution in [0.25, 0.3) is 0 Å². The Morgan fingerprint density at radius 3 is 2.74 bits per heavy atom. The minimum atomic E-state index is -0.409. The summed E-state index contributed by atoms with van der Waals surface area (Å²) >= 11 is 2.00. The van der Waals surface area contributed by atoms with Crippen molar-refractivity contribution in [1.29, 1.82) is 0 Å². The molecule has 0 aromatic heterocycles. The molecule has 1 amide bonds. The molecule has 1 saturated carbocycles. The van der Waals surface area contributed by atoms with Crippen molar-refractivity contribution in [2.24, 2.45) is 0 Å². The average Bonchev–Trinajstić information content (AvgIpc) is 3.04. The molecule has 1 aliphatic rings. The summed E-state index contributed by atoms with van der Waals surface area (Å²) in [5, 5.41) is 3.83. The fraction of sp³-hybridized carbons (Fsp3) is 0.632. The zero-order chi connectivity index (χ0) is 16.7. The van der Waals surface area contributed by atoms with Gasteiger partial charge in [-0.25, -0.2) is 0 Å². The zero-order valence-electron chi connectivity index (χ0n) is 14.6. The van der Waals surface area contributed by atoms with Gasteiger partial charge >= 0.3 is 0 Å². The number of hydrogen-bond acceptors (Lipinski definition) is 3. The zero-order valence-corrected chi connectivity index (χ0v) is 15.4. The number of nitrogens with one attached hydrogen (secondary N) is 1. The highest BCUT2D eigenvalue weighted by molar-refractivity contribution is 7.99. The minimum absolute atomic E-state index is 0.000466. The second kappa shape index (κ2) is 9.21. The highest BCUT2D eigenvalue weighted by atomic mass is 32.2. The Kier molecular flexibility index (Phi) is 7.28. The molecule has 4 heteroatoms. The van der Waals surface area contributed by atoms with Crippen molar-refractivity contribution in [2.45, 2.75) is 64.2 Å². The number of rotatable bonds is 8. The van der Waals surface area contributed by atoms with Crippen LogP contribution in [0.5, 0.6) is 5.75 Å². The van der Waals surface area contributed by atoms with Crippen LogP contribution in [-0.2, 0) is 4.79 Å². The molecule has 0 aliphatic heterocycles. The first-order chi connectivity index (χ1) is 11.1. The molecule has 1 aliphatic carbocycles. The van der Waals surface area contributed by atoms with Crippen LogP contribution in [0.4, 0.5) is 0 Å². The Hall–Kier alpha value is -1.16. The van der Waals surface area contributed by atoms with Crippen LogP contribution in [0, 0.1) is 13.8 Å². The maximum absolute atomic E-state index is 12.3. The quantitative estimate of drug-likeness (QED) is 0.722. The van der Waals surface area contributed by atoms with Gasteiger partial charge in [-0.15, -0.1) is 0 Å². The molecular formula is C19H29NO2S. The third-order valence-corrected chi connectivity index (χ3v) is 5.70. The first kappa shape index (κ1) is 18.2. The number of thioether (sulfide) groups is 1. The van der Waals surface area contributed by atoms with Crippen molar-refractivity contribution in [1.82, 2.24) is 5.32 Å². The van der Waals surface area contributed by atoms with Crippen LogP contribution in [0.2, 0.25) is 0 Å². The number of carbonyl (C=O) groups is 1. The molecule has 128 valence electrons. The lowest BCUT2D eigenvalue weighted by molar-refractivity contribution is -0.128. The molecule has 0 spiro atoms. The van der Waals surface area contributed by atoms with E-state index in [1.807, 2.05) is 37.7 Å². The van der Waals surface area contributed by atoms with Crippen molar-refractivity contribution in [2.75, 3.05) is 12.3 Å². The van der Waals surface area contributed by atoms with Crippen molar-refractivity contribution in [3.05, 3.63) is 29.3 Å². The van der Waals surface area contributed by atoms with Gasteiger partial charge < -0.3 is 10.1 Å². The van der Waals surface area contributed by atoms with Gasteiger partial charge in [-0.05, 0) is 44.7 Å². The fourth-order valence-electron chi connectivity index (χ4n) is 2.98. The summed E-state index contributed by atoms with van der Waals surface area (Å²) in [6.07, 6.45) is 5.68. The molecule has 0 saturated heterocycles. The molecule has 0 radical (unpaired) electrons. The summed E-state index contributed by atoms with van der Waals surface area (Å²) in [4.78, 5) is 12.3. The lowest BCUT2D eigenvalue weighted by atomic mass is 10.1. The van der Waals surface area contributed by atoms with E-state index < -0.39 is 6.10 Å². The number of amides is 1. The summed E-state index contributed by atoms with van der Waals surface area (Å²) in [5.41, 5.74) is 2.28. The Morgan fingerprint density at radius 1 is 1.35 bits per heavy atom. The van der Waals surface area contributed by atoms with Gasteiger partial charge in [0.1, 0.15) is 5.75 Å². The highest BCUT2D eigenvalue weighted by Gasteiger charge is 2.19. The van der Waals surface area contributed by atoms with Crippen LogP contribution >= 0.6 is 11.8 Å². The Labute approximate surface area is 144 Å². The lowest BCUT2D eigenvalue weighted by Crippen LogP contribution is -2.39. The molecule has 1 fully saturated rings. The SMILES string of the molecule is CCC(Oc1ccc(C)cc1C)C(=O)NCCSC1CCCC1. The predicted octanol–water partition coefficient (Wildman–Crippen LogP) is 4.25. The molecule has 23 heavy (non-hydrogen) atoms. The molecule has 1 N–H and O–H groups in total. The largest absolute Gasteiger partial charge is 0.480 e. The molecule has 1 aromatic carbocycles. The molecule has 0 bridgehead atoms. The summed E-state index contributed by atoms with van der Waals surface area (Å²) < 4.78 is 5.92. The summed E-state index contributed by atoms with van der Waals surface area (Å²) in [7, 11) is 0. The van der Waals surface area contributed by atoms with E-state index in [9.17, 15) is 4.79 Å². The van der Waals surface area contributed by atoms with E-state index in [0.717, 1.165) is 28.9 Å². The molecule has 0 heterocycles. The first-order valence-electron chi connectivity index (χ1n) is 8.73. The average molecular weight is 336 g/mol. The van der Waals surface area contributed by atoms with Gasteiger partial charge in [0, 0.05) is 17.5 Å². The predicted molar refractivity (Wildman–Crippen MR) is 98.3 cm³/mol. The summed E-state index contributed by atoms with van der Waals surface area (Å²) in [6, 6.07) is 6.06. The molecule has 1 aromatic rings. The van der Waals surface area contributed by atoms with Gasteiger partial charge in [-0.2, -0.15) is 11.8 Å². The maximum atomic E-state index is 12.3. The number of ether oxygens (including phenoxy) is 1. The number of benzene rings is 1. The summed E-state index contributed by atoms with van der Waals surface area (Å²) in [5.74, 6) is 1.80. The second-order valence-corrected chi connectivity index (χ2v) is 7.76. The molecule has 1 atom stereocenters. The maximum Gasteiger partial charge on any atom is 0.261 e. The van der Waals surface area contributed by atoms with Crippen LogP contribution in [0.3, 0.4) is 0 Å². The Bertz CT molecular complexity index is 512. The van der Waals surface area contributed by atoms with Crippen molar-refractivity contribution in [3.8, 4) is 5.75 Å². The highest BCUT2D eigenvalue weighted by Crippen LogP contribution is 2.28. The Balaban J connectivity index is 1.76. The van der Waals surface area contributed by atoms with Crippen molar-refractivity contribution in [3.63, 3.8) is 0 Å².